The fourth-order valence-electron chi connectivity index (χ4n) is 0.302. The third-order valence-corrected chi connectivity index (χ3v) is 1.71. The summed E-state index contributed by atoms with van der Waals surface area (Å²) in [5.41, 5.74) is 0.599. The first-order chi connectivity index (χ1) is 3.50. The Kier molecular flexibility index (Phi) is 2.51. The van der Waals surface area contributed by atoms with Crippen molar-refractivity contribution < 1.29 is 5.11 Å². The molecule has 0 aliphatic carbocycles. The minimum absolute atomic E-state index is 0.504. The monoisotopic (exact) mass is 134 g/mol. The second-order valence-corrected chi connectivity index (χ2v) is 2.52. The summed E-state index contributed by atoms with van der Waals surface area (Å²) in [6.45, 7) is 7.03. The molecule has 0 aliphatic rings. The van der Waals surface area contributed by atoms with Crippen LogP contribution in [0.1, 0.15) is 20.3 Å². The van der Waals surface area contributed by atoms with Crippen LogP contribution in [0.2, 0.25) is 0 Å². The van der Waals surface area contributed by atoms with Gasteiger partial charge in [0, 0.05) is 0 Å². The average molecular weight is 135 g/mol. The lowest BCUT2D eigenvalue weighted by Crippen LogP contribution is -2.19. The van der Waals surface area contributed by atoms with Crippen molar-refractivity contribution in [2.75, 3.05) is 0 Å². The fourth-order valence-corrected chi connectivity index (χ4v) is 0.302. The molecule has 1 atom stereocenters. The zero-order valence-electron chi connectivity index (χ0n) is 5.24. The van der Waals surface area contributed by atoms with Crippen LogP contribution in [0, 0.1) is 0 Å². The summed E-state index contributed by atoms with van der Waals surface area (Å²) in [4.78, 5) is 0. The van der Waals surface area contributed by atoms with E-state index in [0.717, 1.165) is 0 Å². The molecule has 0 heterocycles. The Morgan fingerprint density at radius 2 is 2.25 bits per heavy atom. The molecule has 0 spiro atoms. The maximum absolute atomic E-state index is 9.07. The summed E-state index contributed by atoms with van der Waals surface area (Å²) in [6.07, 6.45) is 0.504. The fraction of sp³-hybridized carbons (Fsp3) is 0.667. The molecule has 1 unspecified atom stereocenters. The van der Waals surface area contributed by atoms with Gasteiger partial charge in [-0.05, 0) is 18.9 Å². The van der Waals surface area contributed by atoms with Gasteiger partial charge in [0.1, 0.15) is 0 Å². The SMILES string of the molecule is C=C(C)C(O)(Cl)CC. The van der Waals surface area contributed by atoms with Gasteiger partial charge in [-0.25, -0.2) is 0 Å². The number of rotatable bonds is 2. The molecule has 0 fully saturated rings. The highest BCUT2D eigenvalue weighted by atomic mass is 35.5. The van der Waals surface area contributed by atoms with Gasteiger partial charge in [-0.2, -0.15) is 0 Å². The van der Waals surface area contributed by atoms with Crippen molar-refractivity contribution in [3.8, 4) is 0 Å². The van der Waals surface area contributed by atoms with Crippen molar-refractivity contribution in [2.24, 2.45) is 0 Å². The van der Waals surface area contributed by atoms with Crippen LogP contribution in [0.3, 0.4) is 0 Å². The first-order valence-corrected chi connectivity index (χ1v) is 2.95. The molecule has 1 N–H and O–H groups in total. The van der Waals surface area contributed by atoms with Gasteiger partial charge in [0.05, 0.1) is 0 Å². The Hall–Kier alpha value is -0.0100. The van der Waals surface area contributed by atoms with E-state index < -0.39 is 5.06 Å². The standard InChI is InChI=1S/C6H11ClO/c1-4-6(7,8)5(2)3/h8H,2,4H2,1,3H3. The molecule has 0 aliphatic heterocycles. The predicted octanol–water partition coefficient (Wildman–Crippen LogP) is 1.90. The van der Waals surface area contributed by atoms with Crippen LogP contribution in [0.5, 0.6) is 0 Å². The highest BCUT2D eigenvalue weighted by Crippen LogP contribution is 2.22. The summed E-state index contributed by atoms with van der Waals surface area (Å²) >= 11 is 5.51. The van der Waals surface area contributed by atoms with Gasteiger partial charge < -0.3 is 5.11 Å². The molecule has 0 aromatic heterocycles. The average Bonchev–Trinajstić information content (AvgIpc) is 1.67. The molecule has 2 heteroatoms. The van der Waals surface area contributed by atoms with Gasteiger partial charge in [-0.3, -0.25) is 0 Å². The molecule has 0 rings (SSSR count). The maximum atomic E-state index is 9.07. The summed E-state index contributed by atoms with van der Waals surface area (Å²) < 4.78 is 0. The molecular weight excluding hydrogens is 124 g/mol. The summed E-state index contributed by atoms with van der Waals surface area (Å²) in [5, 5.41) is 7.89. The number of alkyl halides is 1. The number of halogens is 1. The van der Waals surface area contributed by atoms with Crippen molar-refractivity contribution in [2.45, 2.75) is 25.3 Å². The van der Waals surface area contributed by atoms with Gasteiger partial charge in [-0.15, -0.1) is 0 Å². The zero-order chi connectivity index (χ0) is 6.78. The smallest absolute Gasteiger partial charge is 0.159 e. The van der Waals surface area contributed by atoms with Crippen LogP contribution in [0.4, 0.5) is 0 Å². The lowest BCUT2D eigenvalue weighted by atomic mass is 10.1. The lowest BCUT2D eigenvalue weighted by molar-refractivity contribution is 0.163. The van der Waals surface area contributed by atoms with Crippen molar-refractivity contribution in [1.82, 2.24) is 0 Å². The molecule has 48 valence electrons. The molecule has 0 amide bonds. The van der Waals surface area contributed by atoms with E-state index in [-0.39, 0.29) is 0 Å². The molecule has 0 aromatic rings. The Morgan fingerprint density at radius 1 is 1.88 bits per heavy atom. The highest BCUT2D eigenvalue weighted by molar-refractivity contribution is 6.24. The first kappa shape index (κ1) is 7.99. The van der Waals surface area contributed by atoms with E-state index in [4.69, 9.17) is 16.7 Å². The lowest BCUT2D eigenvalue weighted by Gasteiger charge is -2.17. The van der Waals surface area contributed by atoms with Crippen LogP contribution in [0.15, 0.2) is 12.2 Å². The molecule has 0 radical (unpaired) electrons. The second-order valence-electron chi connectivity index (χ2n) is 1.89. The van der Waals surface area contributed by atoms with E-state index in [9.17, 15) is 0 Å². The highest BCUT2D eigenvalue weighted by Gasteiger charge is 2.20. The van der Waals surface area contributed by atoms with Crippen LogP contribution >= 0.6 is 11.6 Å². The first-order valence-electron chi connectivity index (χ1n) is 2.58. The van der Waals surface area contributed by atoms with Crippen molar-refractivity contribution in [3.63, 3.8) is 0 Å². The van der Waals surface area contributed by atoms with Gasteiger partial charge in [-0.1, -0.05) is 25.1 Å². The van der Waals surface area contributed by atoms with Gasteiger partial charge in [0.25, 0.3) is 0 Å². The van der Waals surface area contributed by atoms with Crippen molar-refractivity contribution in [3.05, 3.63) is 12.2 Å². The molecule has 0 aromatic carbocycles. The molecule has 0 saturated heterocycles. The molecule has 1 nitrogen and oxygen atoms in total. The normalized spacial score (nSPS) is 17.5. The van der Waals surface area contributed by atoms with E-state index in [2.05, 4.69) is 6.58 Å². The summed E-state index contributed by atoms with van der Waals surface area (Å²) in [5.74, 6) is 0. The summed E-state index contributed by atoms with van der Waals surface area (Å²) in [7, 11) is 0. The minimum Gasteiger partial charge on any atom is -0.371 e. The van der Waals surface area contributed by atoms with Crippen LogP contribution in [-0.2, 0) is 0 Å². The Morgan fingerprint density at radius 3 is 2.25 bits per heavy atom. The summed E-state index contributed by atoms with van der Waals surface area (Å²) in [6, 6.07) is 0. The van der Waals surface area contributed by atoms with Crippen molar-refractivity contribution in [1.29, 1.82) is 0 Å². The Labute approximate surface area is 55.0 Å². The molecular formula is C6H11ClO. The van der Waals surface area contributed by atoms with Crippen molar-refractivity contribution >= 4 is 11.6 Å². The zero-order valence-corrected chi connectivity index (χ0v) is 6.00. The van der Waals surface area contributed by atoms with Crippen LogP contribution < -0.4 is 0 Å². The van der Waals surface area contributed by atoms with E-state index in [0.29, 0.717) is 12.0 Å². The number of aliphatic hydroxyl groups is 1. The quantitative estimate of drug-likeness (QED) is 0.452. The van der Waals surface area contributed by atoms with E-state index in [1.54, 1.807) is 6.92 Å². The third kappa shape index (κ3) is 1.85. The van der Waals surface area contributed by atoms with Crippen LogP contribution in [-0.4, -0.2) is 10.2 Å². The van der Waals surface area contributed by atoms with E-state index in [1.807, 2.05) is 6.92 Å². The Balaban J connectivity index is 3.91. The predicted molar refractivity (Wildman–Crippen MR) is 35.9 cm³/mol. The van der Waals surface area contributed by atoms with Gasteiger partial charge in [0.15, 0.2) is 5.06 Å². The van der Waals surface area contributed by atoms with Crippen LogP contribution in [0.25, 0.3) is 0 Å². The Bertz CT molecular complexity index is 96.7. The third-order valence-electron chi connectivity index (χ3n) is 1.12. The number of hydrogen-bond acceptors (Lipinski definition) is 1. The van der Waals surface area contributed by atoms with E-state index in [1.165, 1.54) is 0 Å². The maximum Gasteiger partial charge on any atom is 0.159 e. The van der Waals surface area contributed by atoms with Gasteiger partial charge in [0.2, 0.25) is 0 Å². The number of hydrogen-bond donors (Lipinski definition) is 1. The topological polar surface area (TPSA) is 20.2 Å². The molecule has 0 saturated carbocycles. The van der Waals surface area contributed by atoms with Gasteiger partial charge >= 0.3 is 0 Å². The molecule has 0 bridgehead atoms. The minimum atomic E-state index is -1.18. The second kappa shape index (κ2) is 2.51. The largest absolute Gasteiger partial charge is 0.371 e. The van der Waals surface area contributed by atoms with E-state index >= 15 is 0 Å². The molecule has 8 heavy (non-hydrogen) atoms.